The molecule has 78 valence electrons. The maximum Gasteiger partial charge on any atom is 0.337 e. The summed E-state index contributed by atoms with van der Waals surface area (Å²) in [5, 5.41) is 17.0. The van der Waals surface area contributed by atoms with E-state index in [1.165, 1.54) is 6.07 Å². The van der Waals surface area contributed by atoms with Crippen molar-refractivity contribution in [2.45, 2.75) is 6.43 Å². The van der Waals surface area contributed by atoms with Gasteiger partial charge in [0.1, 0.15) is 11.8 Å². The summed E-state index contributed by atoms with van der Waals surface area (Å²) in [7, 11) is 0. The summed E-state index contributed by atoms with van der Waals surface area (Å²) in [6.07, 6.45) is -3.20. The van der Waals surface area contributed by atoms with Gasteiger partial charge in [-0.15, -0.1) is 0 Å². The Bertz CT molecular complexity index is 454. The van der Waals surface area contributed by atoms with E-state index in [9.17, 15) is 18.0 Å². The van der Waals surface area contributed by atoms with Crippen molar-refractivity contribution in [3.8, 4) is 6.07 Å². The van der Waals surface area contributed by atoms with E-state index in [-0.39, 0.29) is 0 Å². The van der Waals surface area contributed by atoms with E-state index in [2.05, 4.69) is 4.98 Å². The minimum Gasteiger partial charge on any atom is -0.478 e. The zero-order valence-electron chi connectivity index (χ0n) is 7.04. The van der Waals surface area contributed by atoms with Gasteiger partial charge in [0.2, 0.25) is 5.95 Å². The largest absolute Gasteiger partial charge is 0.478 e. The van der Waals surface area contributed by atoms with Crippen LogP contribution in [0.4, 0.5) is 13.2 Å². The Morgan fingerprint density at radius 3 is 2.60 bits per heavy atom. The lowest BCUT2D eigenvalue weighted by atomic mass is 10.1. The molecule has 0 saturated heterocycles. The Balaban J connectivity index is 3.54. The summed E-state index contributed by atoms with van der Waals surface area (Å²) >= 11 is 0. The highest BCUT2D eigenvalue weighted by Gasteiger charge is 2.23. The van der Waals surface area contributed by atoms with Gasteiger partial charge in [-0.25, -0.2) is 18.6 Å². The van der Waals surface area contributed by atoms with Crippen molar-refractivity contribution in [3.05, 3.63) is 28.8 Å². The summed E-state index contributed by atoms with van der Waals surface area (Å²) in [6.45, 7) is 0. The SMILES string of the molecule is N#Cc1c(C(=O)O)cc(F)nc1C(F)F. The van der Waals surface area contributed by atoms with Crippen LogP contribution in [0.15, 0.2) is 6.07 Å². The molecule has 0 atom stereocenters. The van der Waals surface area contributed by atoms with Gasteiger partial charge in [-0.3, -0.25) is 0 Å². The topological polar surface area (TPSA) is 74.0 Å². The van der Waals surface area contributed by atoms with Crippen LogP contribution in [0.3, 0.4) is 0 Å². The molecule has 0 saturated carbocycles. The number of halogens is 3. The summed E-state index contributed by atoms with van der Waals surface area (Å²) in [5.74, 6) is -3.02. The monoisotopic (exact) mass is 216 g/mol. The van der Waals surface area contributed by atoms with Crippen molar-refractivity contribution in [3.63, 3.8) is 0 Å². The second kappa shape index (κ2) is 3.96. The first-order valence-electron chi connectivity index (χ1n) is 3.59. The Hall–Kier alpha value is -2.10. The van der Waals surface area contributed by atoms with Gasteiger partial charge < -0.3 is 5.11 Å². The lowest BCUT2D eigenvalue weighted by Gasteiger charge is -2.04. The highest BCUT2D eigenvalue weighted by Crippen LogP contribution is 2.23. The maximum atomic E-state index is 12.6. The van der Waals surface area contributed by atoms with Gasteiger partial charge in [-0.2, -0.15) is 9.65 Å². The summed E-state index contributed by atoms with van der Waals surface area (Å²) in [5.41, 5.74) is -2.80. The van der Waals surface area contributed by atoms with E-state index in [4.69, 9.17) is 10.4 Å². The van der Waals surface area contributed by atoms with Crippen molar-refractivity contribution in [1.29, 1.82) is 5.26 Å². The zero-order valence-corrected chi connectivity index (χ0v) is 7.04. The van der Waals surface area contributed by atoms with Crippen molar-refractivity contribution >= 4 is 5.97 Å². The standard InChI is InChI=1S/C8H3F3N2O2/c9-5-1-3(8(14)15)4(2-12)6(13-5)7(10)11/h1,7H,(H,14,15). The number of pyridine rings is 1. The van der Waals surface area contributed by atoms with Gasteiger partial charge >= 0.3 is 5.97 Å². The summed E-state index contributed by atoms with van der Waals surface area (Å²) < 4.78 is 37.2. The van der Waals surface area contributed by atoms with Crippen LogP contribution in [0.25, 0.3) is 0 Å². The molecule has 1 heterocycles. The molecule has 4 nitrogen and oxygen atoms in total. The molecule has 0 radical (unpaired) electrons. The van der Waals surface area contributed by atoms with Crippen LogP contribution < -0.4 is 0 Å². The first-order chi connectivity index (χ1) is 6.97. The van der Waals surface area contributed by atoms with Crippen LogP contribution in [0, 0.1) is 17.3 Å². The first kappa shape index (κ1) is 11.0. The molecule has 0 spiro atoms. The van der Waals surface area contributed by atoms with Crippen LogP contribution >= 0.6 is 0 Å². The lowest BCUT2D eigenvalue weighted by molar-refractivity contribution is 0.0695. The minimum atomic E-state index is -3.20. The summed E-state index contributed by atoms with van der Waals surface area (Å²) in [6, 6.07) is 1.69. The van der Waals surface area contributed by atoms with Crippen LogP contribution in [-0.2, 0) is 0 Å². The number of rotatable bonds is 2. The van der Waals surface area contributed by atoms with E-state index in [1.54, 1.807) is 0 Å². The predicted molar refractivity (Wildman–Crippen MR) is 40.8 cm³/mol. The number of aromatic nitrogens is 1. The molecule has 0 bridgehead atoms. The van der Waals surface area contributed by atoms with Gasteiger partial charge in [0.15, 0.2) is 0 Å². The van der Waals surface area contributed by atoms with E-state index in [1.807, 2.05) is 0 Å². The van der Waals surface area contributed by atoms with E-state index in [0.717, 1.165) is 0 Å². The third-order valence-electron chi connectivity index (χ3n) is 1.57. The number of hydrogen-bond acceptors (Lipinski definition) is 3. The number of carboxylic acid groups (broad SMARTS) is 1. The number of alkyl halides is 2. The van der Waals surface area contributed by atoms with Crippen LogP contribution in [0.5, 0.6) is 0 Å². The van der Waals surface area contributed by atoms with Crippen molar-refractivity contribution in [2.24, 2.45) is 0 Å². The highest BCUT2D eigenvalue weighted by atomic mass is 19.3. The Labute approximate surface area is 81.6 Å². The third-order valence-corrected chi connectivity index (χ3v) is 1.57. The van der Waals surface area contributed by atoms with Crippen molar-refractivity contribution < 1.29 is 23.1 Å². The second-order valence-electron chi connectivity index (χ2n) is 2.47. The number of hydrogen-bond donors (Lipinski definition) is 1. The molecule has 1 aromatic rings. The molecule has 0 fully saturated rings. The maximum absolute atomic E-state index is 12.6. The number of nitrogens with zero attached hydrogens (tertiary/aromatic N) is 2. The molecule has 0 aliphatic rings. The Morgan fingerprint density at radius 2 is 2.20 bits per heavy atom. The van der Waals surface area contributed by atoms with E-state index in [0.29, 0.717) is 6.07 Å². The van der Waals surface area contributed by atoms with Crippen LogP contribution in [0.1, 0.15) is 28.0 Å². The van der Waals surface area contributed by atoms with Crippen LogP contribution in [-0.4, -0.2) is 16.1 Å². The summed E-state index contributed by atoms with van der Waals surface area (Å²) in [4.78, 5) is 13.3. The van der Waals surface area contributed by atoms with E-state index >= 15 is 0 Å². The molecule has 1 aromatic heterocycles. The predicted octanol–water partition coefficient (Wildman–Crippen LogP) is 1.73. The van der Waals surface area contributed by atoms with Crippen molar-refractivity contribution in [2.75, 3.05) is 0 Å². The number of carboxylic acids is 1. The molecular formula is C8H3F3N2O2. The Morgan fingerprint density at radius 1 is 1.60 bits per heavy atom. The fourth-order valence-electron chi connectivity index (χ4n) is 0.977. The molecule has 0 aliphatic carbocycles. The van der Waals surface area contributed by atoms with Gasteiger partial charge in [-0.05, 0) is 0 Å². The first-order valence-corrected chi connectivity index (χ1v) is 3.59. The number of aromatic carboxylic acids is 1. The average molecular weight is 216 g/mol. The molecule has 1 rings (SSSR count). The van der Waals surface area contributed by atoms with E-state index < -0.39 is 35.2 Å². The molecule has 1 N–H and O–H groups in total. The lowest BCUT2D eigenvalue weighted by Crippen LogP contribution is -2.08. The normalized spacial score (nSPS) is 10.1. The molecule has 0 aliphatic heterocycles. The van der Waals surface area contributed by atoms with Crippen molar-refractivity contribution in [1.82, 2.24) is 4.98 Å². The molecule has 15 heavy (non-hydrogen) atoms. The Kier molecular flexibility index (Phi) is 2.90. The fourth-order valence-corrected chi connectivity index (χ4v) is 0.977. The quantitative estimate of drug-likeness (QED) is 0.764. The highest BCUT2D eigenvalue weighted by molar-refractivity contribution is 5.90. The van der Waals surface area contributed by atoms with Gasteiger partial charge in [-0.1, -0.05) is 0 Å². The minimum absolute atomic E-state index is 0.423. The number of carbonyl (C=O) groups is 1. The molecular weight excluding hydrogens is 213 g/mol. The molecule has 0 amide bonds. The zero-order chi connectivity index (χ0) is 11.6. The molecule has 7 heteroatoms. The van der Waals surface area contributed by atoms with Crippen LogP contribution in [0.2, 0.25) is 0 Å². The number of nitriles is 1. The fraction of sp³-hybridized carbons (Fsp3) is 0.125. The second-order valence-corrected chi connectivity index (χ2v) is 2.47. The van der Waals surface area contributed by atoms with Gasteiger partial charge in [0.05, 0.1) is 11.1 Å². The average Bonchev–Trinajstić information content (AvgIpc) is 2.16. The smallest absolute Gasteiger partial charge is 0.337 e. The molecule has 0 unspecified atom stereocenters. The van der Waals surface area contributed by atoms with Gasteiger partial charge in [0.25, 0.3) is 6.43 Å². The third kappa shape index (κ3) is 2.04. The molecule has 0 aromatic carbocycles. The van der Waals surface area contributed by atoms with Gasteiger partial charge in [0, 0.05) is 6.07 Å².